The fourth-order valence-corrected chi connectivity index (χ4v) is 2.81. The number of hydrogen-bond donors (Lipinski definition) is 0. The maximum Gasteiger partial charge on any atom is 0.223 e. The largest absolute Gasteiger partial charge is 0.339 e. The van der Waals surface area contributed by atoms with Crippen LogP contribution in [0.2, 0.25) is 5.15 Å². The van der Waals surface area contributed by atoms with Crippen LogP contribution in [-0.4, -0.2) is 58.5 Å². The molecule has 0 atom stereocenters. The predicted octanol–water partition coefficient (Wildman–Crippen LogP) is 1.82. The molecule has 2 rings (SSSR count). The smallest absolute Gasteiger partial charge is 0.223 e. The van der Waals surface area contributed by atoms with E-state index in [1.54, 1.807) is 6.20 Å². The molecule has 1 aromatic rings. The van der Waals surface area contributed by atoms with E-state index in [0.29, 0.717) is 24.0 Å². The van der Waals surface area contributed by atoms with Crippen molar-refractivity contribution in [2.75, 3.05) is 27.2 Å². The molecule has 0 aromatic carbocycles. The van der Waals surface area contributed by atoms with Gasteiger partial charge in [-0.25, -0.2) is 4.98 Å². The monoisotopic (exact) mass is 298 g/mol. The molecule has 1 aliphatic heterocycles. The molecule has 6 heteroatoms. The molecule has 0 spiro atoms. The summed E-state index contributed by atoms with van der Waals surface area (Å²) in [5.41, 5.74) is 0. The quantitative estimate of drug-likeness (QED) is 0.833. The Morgan fingerprint density at radius 1 is 1.50 bits per heavy atom. The Morgan fingerprint density at radius 2 is 2.15 bits per heavy atom. The fourth-order valence-electron chi connectivity index (χ4n) is 2.47. The molecule has 0 radical (unpaired) electrons. The highest BCUT2D eigenvalue weighted by Crippen LogP contribution is 2.20. The molecule has 1 amide bonds. The first-order chi connectivity index (χ1) is 9.40. The highest BCUT2D eigenvalue weighted by molar-refractivity contribution is 6.29. The van der Waals surface area contributed by atoms with Crippen LogP contribution in [0, 0.1) is 0 Å². The molecule has 0 N–H and O–H groups in total. The lowest BCUT2D eigenvalue weighted by molar-refractivity contribution is -0.137. The number of aryl methyl sites for hydroxylation is 1. The van der Waals surface area contributed by atoms with E-state index in [4.69, 9.17) is 11.6 Å². The van der Waals surface area contributed by atoms with E-state index in [9.17, 15) is 4.79 Å². The summed E-state index contributed by atoms with van der Waals surface area (Å²) in [6.07, 6.45) is 2.81. The van der Waals surface area contributed by atoms with Gasteiger partial charge >= 0.3 is 0 Å². The molecule has 1 aromatic heterocycles. The number of carbonyl (C=O) groups is 1. The van der Waals surface area contributed by atoms with Crippen LogP contribution in [0.3, 0.4) is 0 Å². The first kappa shape index (κ1) is 15.3. The number of likely N-dealkylation sites (N-methyl/N-ethyl adjacent to an activating group) is 1. The van der Waals surface area contributed by atoms with Crippen LogP contribution in [0.5, 0.6) is 0 Å². The molecule has 20 heavy (non-hydrogen) atoms. The zero-order valence-electron chi connectivity index (χ0n) is 12.6. The summed E-state index contributed by atoms with van der Waals surface area (Å²) in [7, 11) is 4.10. The van der Waals surface area contributed by atoms with E-state index in [1.807, 2.05) is 23.6 Å². The van der Waals surface area contributed by atoms with Crippen LogP contribution >= 0.6 is 11.6 Å². The van der Waals surface area contributed by atoms with Gasteiger partial charge in [0.25, 0.3) is 0 Å². The molecule has 5 nitrogen and oxygen atoms in total. The number of halogens is 1. The van der Waals surface area contributed by atoms with Crippen molar-refractivity contribution in [3.05, 3.63) is 17.2 Å². The van der Waals surface area contributed by atoms with Crippen LogP contribution < -0.4 is 0 Å². The third-order valence-corrected chi connectivity index (χ3v) is 4.13. The van der Waals surface area contributed by atoms with Crippen molar-refractivity contribution in [2.45, 2.75) is 38.8 Å². The lowest BCUT2D eigenvalue weighted by atomic mass is 10.1. The molecule has 1 fully saturated rings. The number of rotatable bonds is 5. The molecule has 0 aliphatic carbocycles. The molecule has 0 saturated carbocycles. The number of aromatic nitrogens is 2. The summed E-state index contributed by atoms with van der Waals surface area (Å²) >= 11 is 6.11. The van der Waals surface area contributed by atoms with Crippen LogP contribution in [0.25, 0.3) is 0 Å². The maximum absolute atomic E-state index is 12.1. The number of likely N-dealkylation sites (tertiary alicyclic amines) is 1. The first-order valence-corrected chi connectivity index (χ1v) is 7.43. The van der Waals surface area contributed by atoms with Crippen molar-refractivity contribution in [2.24, 2.45) is 0 Å². The van der Waals surface area contributed by atoms with Gasteiger partial charge in [0.05, 0.1) is 6.20 Å². The van der Waals surface area contributed by atoms with Gasteiger partial charge in [0.15, 0.2) is 0 Å². The van der Waals surface area contributed by atoms with Crippen molar-refractivity contribution in [1.82, 2.24) is 19.4 Å². The summed E-state index contributed by atoms with van der Waals surface area (Å²) in [6.45, 7) is 5.81. The molecule has 112 valence electrons. The van der Waals surface area contributed by atoms with Gasteiger partial charge in [0.1, 0.15) is 11.0 Å². The average molecular weight is 299 g/mol. The van der Waals surface area contributed by atoms with Crippen LogP contribution in [0.1, 0.15) is 32.1 Å². The minimum absolute atomic E-state index is 0.206. The zero-order valence-corrected chi connectivity index (χ0v) is 13.4. The lowest BCUT2D eigenvalue weighted by Gasteiger charge is -2.42. The number of hydrogen-bond acceptors (Lipinski definition) is 3. The van der Waals surface area contributed by atoms with Gasteiger partial charge in [0, 0.05) is 38.0 Å². The van der Waals surface area contributed by atoms with Gasteiger partial charge in [-0.05, 0) is 27.9 Å². The van der Waals surface area contributed by atoms with Crippen molar-refractivity contribution in [1.29, 1.82) is 0 Å². The number of nitrogens with zero attached hydrogens (tertiary/aromatic N) is 4. The Hall–Kier alpha value is -1.07. The SMILES string of the molecule is CC(C)n1c(Cl)cnc1CCC(=O)N1CC(N(C)C)C1. The zero-order chi connectivity index (χ0) is 14.9. The number of imidazole rings is 1. The predicted molar refractivity (Wildman–Crippen MR) is 80.0 cm³/mol. The van der Waals surface area contributed by atoms with E-state index < -0.39 is 0 Å². The third-order valence-electron chi connectivity index (χ3n) is 3.85. The average Bonchev–Trinajstić information content (AvgIpc) is 2.65. The van der Waals surface area contributed by atoms with Gasteiger partial charge in [0.2, 0.25) is 5.91 Å². The molecule has 0 unspecified atom stereocenters. The molecular weight excluding hydrogens is 276 g/mol. The molecular formula is C14H23ClN4O. The second-order valence-corrected chi connectivity index (χ2v) is 6.26. The molecule has 1 aliphatic rings. The van der Waals surface area contributed by atoms with Crippen LogP contribution in [0.4, 0.5) is 0 Å². The second-order valence-electron chi connectivity index (χ2n) is 5.88. The maximum atomic E-state index is 12.1. The Morgan fingerprint density at radius 3 is 2.70 bits per heavy atom. The van der Waals surface area contributed by atoms with Crippen LogP contribution in [-0.2, 0) is 11.2 Å². The Kier molecular flexibility index (Phi) is 4.70. The topological polar surface area (TPSA) is 41.4 Å². The van der Waals surface area contributed by atoms with Gasteiger partial charge < -0.3 is 14.4 Å². The van der Waals surface area contributed by atoms with Gasteiger partial charge in [-0.15, -0.1) is 0 Å². The van der Waals surface area contributed by atoms with E-state index in [2.05, 4.69) is 23.7 Å². The summed E-state index contributed by atoms with van der Waals surface area (Å²) in [5, 5.41) is 0.638. The summed E-state index contributed by atoms with van der Waals surface area (Å²) in [5.74, 6) is 1.10. The summed E-state index contributed by atoms with van der Waals surface area (Å²) in [6, 6.07) is 0.767. The minimum Gasteiger partial charge on any atom is -0.339 e. The van der Waals surface area contributed by atoms with Crippen LogP contribution in [0.15, 0.2) is 6.20 Å². The van der Waals surface area contributed by atoms with E-state index >= 15 is 0 Å². The Labute approximate surface area is 125 Å². The van der Waals surface area contributed by atoms with Gasteiger partial charge in [-0.1, -0.05) is 11.6 Å². The lowest BCUT2D eigenvalue weighted by Crippen LogP contribution is -2.59. The fraction of sp³-hybridized carbons (Fsp3) is 0.714. The van der Waals surface area contributed by atoms with Crippen molar-refractivity contribution in [3.8, 4) is 0 Å². The molecule has 2 heterocycles. The van der Waals surface area contributed by atoms with Gasteiger partial charge in [-0.2, -0.15) is 0 Å². The van der Waals surface area contributed by atoms with E-state index in [1.165, 1.54) is 0 Å². The minimum atomic E-state index is 0.206. The highest BCUT2D eigenvalue weighted by Gasteiger charge is 2.31. The Bertz CT molecular complexity index is 478. The standard InChI is InChI=1S/C14H23ClN4O/c1-10(2)19-12(15)7-16-13(19)5-6-14(20)18-8-11(9-18)17(3)4/h7,10-11H,5-6,8-9H2,1-4H3. The molecule has 0 bridgehead atoms. The van der Waals surface area contributed by atoms with Crippen molar-refractivity contribution in [3.63, 3.8) is 0 Å². The number of amides is 1. The normalized spacial score (nSPS) is 16.1. The van der Waals surface area contributed by atoms with E-state index in [0.717, 1.165) is 18.9 Å². The highest BCUT2D eigenvalue weighted by atomic mass is 35.5. The molecule has 1 saturated heterocycles. The Balaban J connectivity index is 1.86. The second kappa shape index (κ2) is 6.14. The van der Waals surface area contributed by atoms with Gasteiger partial charge in [-0.3, -0.25) is 4.79 Å². The number of carbonyl (C=O) groups excluding carboxylic acids is 1. The summed E-state index contributed by atoms with van der Waals surface area (Å²) in [4.78, 5) is 20.5. The summed E-state index contributed by atoms with van der Waals surface area (Å²) < 4.78 is 1.98. The van der Waals surface area contributed by atoms with Crippen molar-refractivity contribution < 1.29 is 4.79 Å². The third kappa shape index (κ3) is 3.15. The van der Waals surface area contributed by atoms with E-state index in [-0.39, 0.29) is 11.9 Å². The first-order valence-electron chi connectivity index (χ1n) is 7.06. The van der Waals surface area contributed by atoms with Crippen molar-refractivity contribution >= 4 is 17.5 Å².